The van der Waals surface area contributed by atoms with E-state index in [-0.39, 0.29) is 0 Å². The molecule has 0 unspecified atom stereocenters. The second-order valence-corrected chi connectivity index (χ2v) is 7.59. The van der Waals surface area contributed by atoms with E-state index in [2.05, 4.69) is 102 Å². The van der Waals surface area contributed by atoms with E-state index in [0.717, 1.165) is 5.32 Å². The van der Waals surface area contributed by atoms with Gasteiger partial charge in [0.05, 0.1) is 0 Å². The predicted molar refractivity (Wildman–Crippen MR) is 116 cm³/mol. The molecule has 0 spiro atoms. The van der Waals surface area contributed by atoms with Gasteiger partial charge < -0.3 is 0 Å². The fourth-order valence-electron chi connectivity index (χ4n) is 2.98. The Hall–Kier alpha value is -3.23. The normalized spacial score (nSPS) is 10.4. The molecule has 1 nitrogen and oxygen atoms in total. The van der Waals surface area contributed by atoms with Crippen LogP contribution < -0.4 is 10.5 Å². The van der Waals surface area contributed by atoms with Gasteiger partial charge in [-0.1, -0.05) is 96.2 Å². The lowest BCUT2D eigenvalue weighted by Crippen LogP contribution is -2.28. The number of hydrogen-bond donors (Lipinski definition) is 0. The molecule has 0 atom stereocenters. The Labute approximate surface area is 162 Å². The van der Waals surface area contributed by atoms with Gasteiger partial charge in [0.1, 0.15) is 9.52 Å². The van der Waals surface area contributed by atoms with Gasteiger partial charge >= 0.3 is 0 Å². The Kier molecular flexibility index (Phi) is 5.37. The minimum atomic E-state index is 0.583. The largest absolute Gasteiger partial charge is 0.266 e. The Morgan fingerprint density at radius 2 is 1.22 bits per heavy atom. The van der Waals surface area contributed by atoms with Gasteiger partial charge in [0.25, 0.3) is 0 Å². The summed E-state index contributed by atoms with van der Waals surface area (Å²) in [6.07, 6.45) is 4.11. The number of aromatic nitrogens is 1. The third kappa shape index (κ3) is 4.49. The molecule has 1 aromatic heterocycles. The molecule has 2 heteroatoms. The molecule has 0 aliphatic rings. The third-order valence-electron chi connectivity index (χ3n) is 4.33. The van der Waals surface area contributed by atoms with Crippen molar-refractivity contribution in [1.82, 2.24) is 4.98 Å². The van der Waals surface area contributed by atoms with Gasteiger partial charge in [0.2, 0.25) is 0 Å². The number of pyridine rings is 1. The lowest BCUT2D eigenvalue weighted by atomic mass is 9.96. The van der Waals surface area contributed by atoms with E-state index < -0.39 is 0 Å². The lowest BCUT2D eigenvalue weighted by Gasteiger charge is -2.09. The van der Waals surface area contributed by atoms with Gasteiger partial charge in [-0.25, -0.2) is 0 Å². The van der Waals surface area contributed by atoms with Crippen LogP contribution in [0.1, 0.15) is 16.7 Å². The quantitative estimate of drug-likeness (QED) is 0.381. The maximum absolute atomic E-state index is 4.42. The van der Waals surface area contributed by atoms with Gasteiger partial charge in [0, 0.05) is 11.5 Å². The summed E-state index contributed by atoms with van der Waals surface area (Å²) < 4.78 is 0. The molecule has 0 aliphatic carbocycles. The molecule has 3 aromatic carbocycles. The molecule has 0 N–H and O–H groups in total. The van der Waals surface area contributed by atoms with Gasteiger partial charge in [-0.05, 0) is 40.5 Å². The van der Waals surface area contributed by atoms with Crippen molar-refractivity contribution < 1.29 is 0 Å². The third-order valence-corrected chi connectivity index (χ3v) is 5.50. The molecule has 0 aliphatic heterocycles. The molecule has 0 amide bonds. The van der Waals surface area contributed by atoms with E-state index in [9.17, 15) is 0 Å². The van der Waals surface area contributed by atoms with Crippen LogP contribution in [0.3, 0.4) is 0 Å². The molecule has 0 fully saturated rings. The summed E-state index contributed by atoms with van der Waals surface area (Å²) in [5.74, 6) is 0. The van der Waals surface area contributed by atoms with Crippen LogP contribution in [0.15, 0.2) is 109 Å². The summed E-state index contributed by atoms with van der Waals surface area (Å²) in [5, 5.41) is 2.42. The van der Waals surface area contributed by atoms with Crippen LogP contribution in [0.25, 0.3) is 11.6 Å². The average Bonchev–Trinajstić information content (AvgIpc) is 2.75. The summed E-state index contributed by atoms with van der Waals surface area (Å²) in [6.45, 7) is 0. The van der Waals surface area contributed by atoms with Gasteiger partial charge in [-0.15, -0.1) is 0 Å². The van der Waals surface area contributed by atoms with E-state index in [1.54, 1.807) is 0 Å². The van der Waals surface area contributed by atoms with E-state index in [1.165, 1.54) is 27.5 Å². The summed E-state index contributed by atoms with van der Waals surface area (Å²) in [7, 11) is 0.583. The number of nitrogens with zero attached hydrogens (tertiary/aromatic N) is 1. The van der Waals surface area contributed by atoms with Crippen molar-refractivity contribution >= 4 is 31.7 Å². The molecule has 2 radical (unpaired) electrons. The van der Waals surface area contributed by atoms with Crippen LogP contribution >= 0.6 is 0 Å². The van der Waals surface area contributed by atoms with Crippen molar-refractivity contribution in [3.8, 4) is 0 Å². The zero-order chi connectivity index (χ0) is 18.3. The summed E-state index contributed by atoms with van der Waals surface area (Å²) in [5.41, 5.74) is 4.88. The predicted octanol–water partition coefficient (Wildman–Crippen LogP) is 4.33. The highest BCUT2D eigenvalue weighted by molar-refractivity contribution is 6.66. The van der Waals surface area contributed by atoms with E-state index in [0.29, 0.717) is 9.52 Å². The molecule has 0 saturated carbocycles. The van der Waals surface area contributed by atoms with Gasteiger partial charge in [0.15, 0.2) is 0 Å². The molecule has 4 aromatic rings. The van der Waals surface area contributed by atoms with Crippen molar-refractivity contribution in [2.75, 3.05) is 0 Å². The zero-order valence-corrected chi connectivity index (χ0v) is 15.9. The second-order valence-electron chi connectivity index (χ2n) is 6.25. The number of hydrogen-bond acceptors (Lipinski definition) is 1. The van der Waals surface area contributed by atoms with Gasteiger partial charge in [-0.3, -0.25) is 4.98 Å². The smallest absolute Gasteiger partial charge is 0.147 e. The molecule has 4 rings (SSSR count). The highest BCUT2D eigenvalue weighted by Gasteiger charge is 2.05. The monoisotopic (exact) mass is 361 g/mol. The minimum Gasteiger partial charge on any atom is -0.266 e. The first kappa shape index (κ1) is 17.2. The molecule has 128 valence electrons. The zero-order valence-electron chi connectivity index (χ0n) is 14.9. The molecular weight excluding hydrogens is 342 g/mol. The summed E-state index contributed by atoms with van der Waals surface area (Å²) in [4.78, 5) is 4.42. The lowest BCUT2D eigenvalue weighted by molar-refractivity contribution is 1.39. The standard InChI is InChI=1S/C25H19NSi/c1-3-9-21(10-4-1)24(22-11-5-2-6-12-22)19-20-14-16-23(17-15-20)27-25-13-7-8-18-26-25/h1-19H. The summed E-state index contributed by atoms with van der Waals surface area (Å²) >= 11 is 0. The highest BCUT2D eigenvalue weighted by atomic mass is 28.2. The molecule has 1 heterocycles. The van der Waals surface area contributed by atoms with Crippen molar-refractivity contribution in [3.05, 3.63) is 126 Å². The average molecular weight is 362 g/mol. The molecular formula is C25H19NSi. The topological polar surface area (TPSA) is 12.9 Å². The maximum atomic E-state index is 4.42. The van der Waals surface area contributed by atoms with E-state index >= 15 is 0 Å². The van der Waals surface area contributed by atoms with Crippen molar-refractivity contribution in [2.45, 2.75) is 0 Å². The van der Waals surface area contributed by atoms with Crippen LogP contribution in [0.4, 0.5) is 0 Å². The van der Waals surface area contributed by atoms with Crippen LogP contribution in [0, 0.1) is 0 Å². The molecule has 0 bridgehead atoms. The Bertz CT molecular complexity index is 967. The minimum absolute atomic E-state index is 0.583. The van der Waals surface area contributed by atoms with Crippen LogP contribution in [-0.2, 0) is 0 Å². The fourth-order valence-corrected chi connectivity index (χ4v) is 3.93. The first-order valence-electron chi connectivity index (χ1n) is 8.99. The Morgan fingerprint density at radius 1 is 0.630 bits per heavy atom. The SMILES string of the molecule is C(=C(c1ccccc1)c1ccccc1)c1ccc([Si]c2ccccn2)cc1. The molecule has 27 heavy (non-hydrogen) atoms. The van der Waals surface area contributed by atoms with Crippen molar-refractivity contribution in [1.29, 1.82) is 0 Å². The highest BCUT2D eigenvalue weighted by Crippen LogP contribution is 2.25. The van der Waals surface area contributed by atoms with E-state index in [1.807, 2.05) is 18.3 Å². The number of benzene rings is 3. The van der Waals surface area contributed by atoms with E-state index in [4.69, 9.17) is 0 Å². The van der Waals surface area contributed by atoms with Crippen LogP contribution in [-0.4, -0.2) is 14.5 Å². The first-order valence-corrected chi connectivity index (χ1v) is 9.99. The summed E-state index contributed by atoms with van der Waals surface area (Å²) in [6, 6.07) is 36.0. The van der Waals surface area contributed by atoms with Gasteiger partial charge in [-0.2, -0.15) is 0 Å². The first-order chi connectivity index (χ1) is 13.4. The van der Waals surface area contributed by atoms with Crippen LogP contribution in [0.5, 0.6) is 0 Å². The van der Waals surface area contributed by atoms with Crippen LogP contribution in [0.2, 0.25) is 0 Å². The van der Waals surface area contributed by atoms with Crippen molar-refractivity contribution in [2.24, 2.45) is 0 Å². The fraction of sp³-hybridized carbons (Fsp3) is 0. The second kappa shape index (κ2) is 8.43. The maximum Gasteiger partial charge on any atom is 0.147 e. The Balaban J connectivity index is 1.64. The van der Waals surface area contributed by atoms with Crippen molar-refractivity contribution in [3.63, 3.8) is 0 Å². The molecule has 0 saturated heterocycles. The number of rotatable bonds is 5. The Morgan fingerprint density at radius 3 is 1.78 bits per heavy atom.